The van der Waals surface area contributed by atoms with Gasteiger partial charge in [-0.05, 0) is 26.7 Å². The van der Waals surface area contributed by atoms with Gasteiger partial charge in [0.05, 0.1) is 6.54 Å². The van der Waals surface area contributed by atoms with Crippen molar-refractivity contribution in [1.82, 2.24) is 5.32 Å². The molecule has 1 N–H and O–H groups in total. The van der Waals surface area contributed by atoms with Crippen LogP contribution >= 0.6 is 0 Å². The van der Waals surface area contributed by atoms with E-state index in [9.17, 15) is 14.4 Å². The van der Waals surface area contributed by atoms with Crippen LogP contribution in [0.25, 0.3) is 0 Å². The molecule has 0 aliphatic carbocycles. The fraction of sp³-hybridized carbons (Fsp3) is 0.786. The summed E-state index contributed by atoms with van der Waals surface area (Å²) in [5.41, 5.74) is 0. The first-order valence-corrected chi connectivity index (χ1v) is 5.69. The third kappa shape index (κ3) is 29.3. The van der Waals surface area contributed by atoms with E-state index in [2.05, 4.69) is 5.32 Å². The lowest BCUT2D eigenvalue weighted by Gasteiger charge is -1.98. The lowest BCUT2D eigenvalue weighted by molar-refractivity contribution is -0.124. The Kier molecular flexibility index (Phi) is 25.9. The van der Waals surface area contributed by atoms with Gasteiger partial charge in [0.25, 0.3) is 0 Å². The lowest BCUT2D eigenvalue weighted by Crippen LogP contribution is -2.27. The summed E-state index contributed by atoms with van der Waals surface area (Å²) in [5, 5.41) is 2.49. The summed E-state index contributed by atoms with van der Waals surface area (Å²) in [6, 6.07) is 0. The Bertz CT molecular complexity index is 225. The summed E-state index contributed by atoms with van der Waals surface area (Å²) in [6.45, 7) is 7.16. The van der Waals surface area contributed by atoms with Gasteiger partial charge in [-0.3, -0.25) is 9.59 Å². The highest BCUT2D eigenvalue weighted by atomic mass is 16.2. The van der Waals surface area contributed by atoms with Crippen LogP contribution in [0.5, 0.6) is 0 Å². The molecule has 0 aromatic rings. The lowest BCUT2D eigenvalue weighted by atomic mass is 10.3. The second-order valence-electron chi connectivity index (χ2n) is 3.68. The Morgan fingerprint density at radius 1 is 0.833 bits per heavy atom. The smallest absolute Gasteiger partial charge is 0.220 e. The van der Waals surface area contributed by atoms with Crippen molar-refractivity contribution in [2.75, 3.05) is 6.54 Å². The molecule has 0 saturated heterocycles. The number of hydrogen-bond donors (Lipinski definition) is 1. The van der Waals surface area contributed by atoms with Crippen molar-refractivity contribution in [2.24, 2.45) is 0 Å². The molecule has 0 saturated carbocycles. The molecule has 0 bridgehead atoms. The fourth-order valence-corrected chi connectivity index (χ4v) is 0.891. The molecule has 0 rings (SSSR count). The first-order valence-electron chi connectivity index (χ1n) is 5.69. The van der Waals surface area contributed by atoms with Gasteiger partial charge in [0.1, 0.15) is 11.6 Å². The zero-order valence-corrected chi connectivity index (χ0v) is 10.8. The van der Waals surface area contributed by atoms with E-state index in [1.165, 1.54) is 6.92 Å². The number of Topliss-reactive ketones (excluding diaryl/α,β-unsaturated/α-hetero) is 2. The zero-order chi connectivity index (χ0) is 13.0. The van der Waals surface area contributed by atoms with Crippen molar-refractivity contribution < 1.29 is 14.4 Å². The molecule has 110 valence electrons. The maximum Gasteiger partial charge on any atom is 0.220 e. The van der Waals surface area contributed by atoms with Crippen LogP contribution in [0.3, 0.4) is 0 Å². The van der Waals surface area contributed by atoms with E-state index in [1.807, 2.05) is 13.8 Å². The highest BCUT2D eigenvalue weighted by Crippen LogP contribution is 1.84. The molecular weight excluding hydrogens is 230 g/mol. The highest BCUT2D eigenvalue weighted by molar-refractivity contribution is 5.84. The number of rotatable bonds is 6. The van der Waals surface area contributed by atoms with Crippen LogP contribution in [0.1, 0.15) is 68.2 Å². The Labute approximate surface area is 113 Å². The molecule has 0 aromatic carbocycles. The summed E-state index contributed by atoms with van der Waals surface area (Å²) in [7, 11) is 0. The molecule has 18 heavy (non-hydrogen) atoms. The van der Waals surface area contributed by atoms with Gasteiger partial charge in [-0.2, -0.15) is 0 Å². The standard InChI is InChI=1S/C7H13NO2.C5H10O.2CH4/c1-3-4-7(10)8-5-6(2)9;1-3-4-5(2)6;;/h3-5H2,1-2H3,(H,8,10);3-4H2,1-2H3;2*1H4. The normalized spacial score (nSPS) is 7.78. The predicted octanol–water partition coefficient (Wildman–Crippen LogP) is 3.14. The largest absolute Gasteiger partial charge is 0.349 e. The molecule has 4 heteroatoms. The summed E-state index contributed by atoms with van der Waals surface area (Å²) in [4.78, 5) is 31.1. The molecule has 0 radical (unpaired) electrons. The Hall–Kier alpha value is -1.19. The highest BCUT2D eigenvalue weighted by Gasteiger charge is 1.98. The van der Waals surface area contributed by atoms with Gasteiger partial charge < -0.3 is 10.1 Å². The second kappa shape index (κ2) is 18.2. The molecule has 0 atom stereocenters. The second-order valence-corrected chi connectivity index (χ2v) is 3.68. The van der Waals surface area contributed by atoms with E-state index >= 15 is 0 Å². The van der Waals surface area contributed by atoms with Crippen molar-refractivity contribution in [3.05, 3.63) is 0 Å². The van der Waals surface area contributed by atoms with Crippen molar-refractivity contribution in [1.29, 1.82) is 0 Å². The Balaban J connectivity index is -0.000000108. The van der Waals surface area contributed by atoms with Gasteiger partial charge in [0, 0.05) is 12.8 Å². The minimum Gasteiger partial charge on any atom is -0.349 e. The molecule has 0 heterocycles. The zero-order valence-electron chi connectivity index (χ0n) is 10.8. The number of nitrogens with one attached hydrogen (secondary N) is 1. The molecule has 1 amide bonds. The third-order valence-electron chi connectivity index (χ3n) is 1.61. The van der Waals surface area contributed by atoms with Crippen LogP contribution in [-0.4, -0.2) is 24.0 Å². The van der Waals surface area contributed by atoms with Crippen molar-refractivity contribution in [3.63, 3.8) is 0 Å². The predicted molar refractivity (Wildman–Crippen MR) is 77.6 cm³/mol. The summed E-state index contributed by atoms with van der Waals surface area (Å²) in [6.07, 6.45) is 3.05. The van der Waals surface area contributed by atoms with Gasteiger partial charge in [-0.25, -0.2) is 0 Å². The molecule has 0 aliphatic heterocycles. The van der Waals surface area contributed by atoms with Gasteiger partial charge in [-0.1, -0.05) is 28.7 Å². The van der Waals surface area contributed by atoms with Gasteiger partial charge in [0.2, 0.25) is 5.91 Å². The van der Waals surface area contributed by atoms with Crippen LogP contribution in [0, 0.1) is 0 Å². The minimum atomic E-state index is -0.0438. The average molecular weight is 261 g/mol. The molecule has 4 nitrogen and oxygen atoms in total. The van der Waals surface area contributed by atoms with Gasteiger partial charge in [-0.15, -0.1) is 0 Å². The summed E-state index contributed by atoms with van der Waals surface area (Å²) >= 11 is 0. The van der Waals surface area contributed by atoms with E-state index in [-0.39, 0.29) is 38.9 Å². The van der Waals surface area contributed by atoms with Crippen LogP contribution in [0.4, 0.5) is 0 Å². The van der Waals surface area contributed by atoms with Crippen LogP contribution in [0.15, 0.2) is 0 Å². The molecular formula is C14H31NO3. The van der Waals surface area contributed by atoms with Gasteiger partial charge >= 0.3 is 0 Å². The molecule has 0 aliphatic rings. The van der Waals surface area contributed by atoms with E-state index in [4.69, 9.17) is 0 Å². The maximum absolute atomic E-state index is 10.7. The number of carbonyl (C=O) groups excluding carboxylic acids is 3. The first kappa shape index (κ1) is 25.6. The van der Waals surface area contributed by atoms with Crippen molar-refractivity contribution in [3.8, 4) is 0 Å². The molecule has 0 fully saturated rings. The van der Waals surface area contributed by atoms with Crippen LogP contribution in [-0.2, 0) is 14.4 Å². The molecule has 0 spiro atoms. The third-order valence-corrected chi connectivity index (χ3v) is 1.61. The fourth-order valence-electron chi connectivity index (χ4n) is 0.891. The van der Waals surface area contributed by atoms with E-state index in [1.54, 1.807) is 6.92 Å². The van der Waals surface area contributed by atoms with Crippen molar-refractivity contribution in [2.45, 2.75) is 68.2 Å². The van der Waals surface area contributed by atoms with Crippen LogP contribution in [0.2, 0.25) is 0 Å². The number of carbonyl (C=O) groups is 3. The van der Waals surface area contributed by atoms with E-state index in [0.717, 1.165) is 19.3 Å². The number of amides is 1. The molecule has 0 aromatic heterocycles. The van der Waals surface area contributed by atoms with Crippen molar-refractivity contribution >= 4 is 17.5 Å². The number of ketones is 2. The maximum atomic E-state index is 10.7. The summed E-state index contributed by atoms with van der Waals surface area (Å²) < 4.78 is 0. The monoisotopic (exact) mass is 261 g/mol. The van der Waals surface area contributed by atoms with Gasteiger partial charge in [0.15, 0.2) is 0 Å². The Morgan fingerprint density at radius 2 is 1.28 bits per heavy atom. The molecule has 0 unspecified atom stereocenters. The topological polar surface area (TPSA) is 63.2 Å². The van der Waals surface area contributed by atoms with E-state index < -0.39 is 0 Å². The SMILES string of the molecule is C.C.CCCC(=O)NCC(C)=O.CCCC(C)=O. The Morgan fingerprint density at radius 3 is 1.50 bits per heavy atom. The average Bonchev–Trinajstić information content (AvgIpc) is 2.16. The number of hydrogen-bond acceptors (Lipinski definition) is 3. The van der Waals surface area contributed by atoms with E-state index in [0.29, 0.717) is 6.42 Å². The van der Waals surface area contributed by atoms with Crippen LogP contribution < -0.4 is 5.32 Å². The quantitative estimate of drug-likeness (QED) is 0.799. The minimum absolute atomic E-state index is 0. The first-order chi connectivity index (χ1) is 7.43. The summed E-state index contributed by atoms with van der Waals surface area (Å²) in [5.74, 6) is 0.236.